The van der Waals surface area contributed by atoms with Crippen molar-refractivity contribution in [3.05, 3.63) is 99.6 Å². The van der Waals surface area contributed by atoms with E-state index in [4.69, 9.17) is 9.47 Å². The summed E-state index contributed by atoms with van der Waals surface area (Å²) in [6.45, 7) is 2.77. The molecule has 0 fully saturated rings. The third-order valence-electron chi connectivity index (χ3n) is 4.22. The minimum atomic E-state index is -0.525. The van der Waals surface area contributed by atoms with Crippen molar-refractivity contribution in [2.45, 2.75) is 13.5 Å². The van der Waals surface area contributed by atoms with Crippen molar-refractivity contribution >= 4 is 17.8 Å². The summed E-state index contributed by atoms with van der Waals surface area (Å²) in [6, 6.07) is 20.4. The van der Waals surface area contributed by atoms with Gasteiger partial charge in [-0.3, -0.25) is 14.9 Å². The lowest BCUT2D eigenvalue weighted by Gasteiger charge is -2.12. The molecule has 0 aromatic heterocycles. The summed E-state index contributed by atoms with van der Waals surface area (Å²) in [7, 11) is 0. The van der Waals surface area contributed by atoms with Crippen LogP contribution in [0.1, 0.15) is 28.4 Å². The maximum Gasteiger partial charge on any atom is 0.271 e. The molecule has 3 aromatic carbocycles. The van der Waals surface area contributed by atoms with E-state index in [-0.39, 0.29) is 11.3 Å². The molecule has 0 saturated carbocycles. The van der Waals surface area contributed by atoms with E-state index in [0.717, 1.165) is 5.56 Å². The van der Waals surface area contributed by atoms with Crippen LogP contribution in [-0.2, 0) is 6.61 Å². The van der Waals surface area contributed by atoms with Gasteiger partial charge in [0, 0.05) is 17.7 Å². The number of ether oxygens (including phenoxy) is 2. The minimum Gasteiger partial charge on any atom is -0.490 e. The van der Waals surface area contributed by atoms with Crippen molar-refractivity contribution in [2.24, 2.45) is 5.10 Å². The minimum absolute atomic E-state index is 0.0851. The van der Waals surface area contributed by atoms with Gasteiger partial charge in [-0.25, -0.2) is 5.43 Å². The normalized spacial score (nSPS) is 10.6. The number of hydrogen-bond acceptors (Lipinski definition) is 6. The molecule has 8 heteroatoms. The number of hydrazone groups is 1. The fourth-order valence-corrected chi connectivity index (χ4v) is 2.69. The monoisotopic (exact) mass is 419 g/mol. The standard InChI is InChI=1S/C23H21N3O5/c1-2-30-22-14-18(8-13-21(22)31-16-17-6-4-3-5-7-17)15-24-25-23(27)19-9-11-20(12-10-19)26(28)29/h3-15H,2,16H2,1H3,(H,25,27)/b24-15+. The SMILES string of the molecule is CCOc1cc(/C=N/NC(=O)c2ccc([N+](=O)[O-])cc2)ccc1OCc1ccccc1. The van der Waals surface area contributed by atoms with Gasteiger partial charge in [0.05, 0.1) is 17.7 Å². The van der Waals surface area contributed by atoms with Gasteiger partial charge in [0.2, 0.25) is 0 Å². The van der Waals surface area contributed by atoms with Gasteiger partial charge in [-0.05, 0) is 48.4 Å². The molecule has 0 heterocycles. The van der Waals surface area contributed by atoms with Gasteiger partial charge in [0.1, 0.15) is 6.61 Å². The molecule has 1 N–H and O–H groups in total. The Morgan fingerprint density at radius 1 is 1.03 bits per heavy atom. The topological polar surface area (TPSA) is 103 Å². The van der Waals surface area contributed by atoms with Crippen LogP contribution < -0.4 is 14.9 Å². The fourth-order valence-electron chi connectivity index (χ4n) is 2.69. The van der Waals surface area contributed by atoms with Crippen LogP contribution in [0.25, 0.3) is 0 Å². The summed E-state index contributed by atoms with van der Waals surface area (Å²) in [4.78, 5) is 22.3. The Kier molecular flexibility index (Phi) is 7.31. The molecule has 0 radical (unpaired) electrons. The van der Waals surface area contributed by atoms with Crippen LogP contribution in [0.5, 0.6) is 11.5 Å². The summed E-state index contributed by atoms with van der Waals surface area (Å²) in [5, 5.41) is 14.6. The summed E-state index contributed by atoms with van der Waals surface area (Å²) in [5.41, 5.74) is 4.33. The van der Waals surface area contributed by atoms with Crippen LogP contribution in [0.3, 0.4) is 0 Å². The first-order valence-electron chi connectivity index (χ1n) is 9.58. The average Bonchev–Trinajstić information content (AvgIpc) is 2.79. The Bertz CT molecular complexity index is 1070. The second kappa shape index (κ2) is 10.5. The quantitative estimate of drug-likeness (QED) is 0.316. The molecule has 0 spiro atoms. The third-order valence-corrected chi connectivity index (χ3v) is 4.22. The van der Waals surface area contributed by atoms with Crippen LogP contribution in [-0.4, -0.2) is 23.7 Å². The van der Waals surface area contributed by atoms with E-state index in [9.17, 15) is 14.9 Å². The van der Waals surface area contributed by atoms with Gasteiger partial charge in [-0.15, -0.1) is 0 Å². The lowest BCUT2D eigenvalue weighted by molar-refractivity contribution is -0.384. The zero-order valence-corrected chi connectivity index (χ0v) is 16.9. The van der Waals surface area contributed by atoms with Crippen LogP contribution >= 0.6 is 0 Å². The number of nitro groups is 1. The fraction of sp³-hybridized carbons (Fsp3) is 0.130. The number of nitro benzene ring substituents is 1. The van der Waals surface area contributed by atoms with Crippen molar-refractivity contribution in [2.75, 3.05) is 6.61 Å². The van der Waals surface area contributed by atoms with Gasteiger partial charge in [0.25, 0.3) is 11.6 Å². The molecular weight excluding hydrogens is 398 g/mol. The molecule has 0 aliphatic heterocycles. The number of nitrogens with zero attached hydrogens (tertiary/aromatic N) is 2. The summed E-state index contributed by atoms with van der Waals surface area (Å²) < 4.78 is 11.5. The molecule has 8 nitrogen and oxygen atoms in total. The predicted molar refractivity (Wildman–Crippen MR) is 117 cm³/mol. The molecule has 158 valence electrons. The number of carbonyl (C=O) groups excluding carboxylic acids is 1. The number of hydrogen-bond donors (Lipinski definition) is 1. The van der Waals surface area contributed by atoms with Crippen molar-refractivity contribution in [3.63, 3.8) is 0 Å². The number of benzene rings is 3. The third kappa shape index (κ3) is 6.14. The first kappa shape index (κ1) is 21.5. The van der Waals surface area contributed by atoms with E-state index < -0.39 is 10.8 Å². The second-order valence-corrected chi connectivity index (χ2v) is 6.42. The van der Waals surface area contributed by atoms with Crippen molar-refractivity contribution in [1.29, 1.82) is 0 Å². The molecule has 0 bridgehead atoms. The molecule has 1 amide bonds. The van der Waals surface area contributed by atoms with E-state index in [2.05, 4.69) is 10.5 Å². The van der Waals surface area contributed by atoms with Crippen LogP contribution in [0.15, 0.2) is 77.9 Å². The zero-order valence-electron chi connectivity index (χ0n) is 16.9. The number of carbonyl (C=O) groups is 1. The molecule has 0 saturated heterocycles. The second-order valence-electron chi connectivity index (χ2n) is 6.42. The Morgan fingerprint density at radius 2 is 1.77 bits per heavy atom. The van der Waals surface area contributed by atoms with E-state index in [1.165, 1.54) is 30.5 Å². The average molecular weight is 419 g/mol. The zero-order chi connectivity index (χ0) is 22.1. The van der Waals surface area contributed by atoms with Crippen LogP contribution in [0.4, 0.5) is 5.69 Å². The van der Waals surface area contributed by atoms with E-state index in [0.29, 0.717) is 30.3 Å². The largest absolute Gasteiger partial charge is 0.490 e. The molecule has 3 aromatic rings. The lowest BCUT2D eigenvalue weighted by Crippen LogP contribution is -2.17. The van der Waals surface area contributed by atoms with Crippen molar-refractivity contribution in [1.82, 2.24) is 5.43 Å². The highest BCUT2D eigenvalue weighted by Gasteiger charge is 2.09. The lowest BCUT2D eigenvalue weighted by atomic mass is 10.2. The Balaban J connectivity index is 1.63. The van der Waals surface area contributed by atoms with Crippen LogP contribution in [0.2, 0.25) is 0 Å². The Hall–Kier alpha value is -4.20. The van der Waals surface area contributed by atoms with Crippen LogP contribution in [0, 0.1) is 10.1 Å². The van der Waals surface area contributed by atoms with Gasteiger partial charge >= 0.3 is 0 Å². The number of nitrogens with one attached hydrogen (secondary N) is 1. The molecule has 31 heavy (non-hydrogen) atoms. The molecule has 0 atom stereocenters. The Morgan fingerprint density at radius 3 is 2.45 bits per heavy atom. The van der Waals surface area contributed by atoms with Crippen molar-refractivity contribution in [3.8, 4) is 11.5 Å². The number of non-ortho nitro benzene ring substituents is 1. The Labute approximate surface area is 179 Å². The molecule has 0 aliphatic rings. The molecule has 0 unspecified atom stereocenters. The first-order valence-corrected chi connectivity index (χ1v) is 9.58. The van der Waals surface area contributed by atoms with Gasteiger partial charge < -0.3 is 9.47 Å². The maximum absolute atomic E-state index is 12.1. The molecule has 0 aliphatic carbocycles. The van der Waals surface area contributed by atoms with Gasteiger partial charge in [-0.2, -0.15) is 5.10 Å². The molecular formula is C23H21N3O5. The maximum atomic E-state index is 12.1. The predicted octanol–water partition coefficient (Wildman–Crippen LogP) is 4.34. The number of amides is 1. The highest BCUT2D eigenvalue weighted by molar-refractivity contribution is 5.95. The number of rotatable bonds is 9. The van der Waals surface area contributed by atoms with Crippen molar-refractivity contribution < 1.29 is 19.2 Å². The highest BCUT2D eigenvalue weighted by Crippen LogP contribution is 2.29. The summed E-state index contributed by atoms with van der Waals surface area (Å²) in [5.74, 6) is 0.709. The highest BCUT2D eigenvalue weighted by atomic mass is 16.6. The van der Waals surface area contributed by atoms with E-state index in [1.54, 1.807) is 18.2 Å². The molecule has 3 rings (SSSR count). The smallest absolute Gasteiger partial charge is 0.271 e. The summed E-state index contributed by atoms with van der Waals surface area (Å²) >= 11 is 0. The van der Waals surface area contributed by atoms with Gasteiger partial charge in [0.15, 0.2) is 11.5 Å². The van der Waals surface area contributed by atoms with Gasteiger partial charge in [-0.1, -0.05) is 30.3 Å². The van der Waals surface area contributed by atoms with E-state index >= 15 is 0 Å². The van der Waals surface area contributed by atoms with E-state index in [1.807, 2.05) is 37.3 Å². The summed E-state index contributed by atoms with van der Waals surface area (Å²) in [6.07, 6.45) is 1.48. The first-order chi connectivity index (χ1) is 15.1.